The Morgan fingerprint density at radius 1 is 1.32 bits per heavy atom. The molecule has 4 aromatic heterocycles. The van der Waals surface area contributed by atoms with Crippen LogP contribution in [0, 0.1) is 11.3 Å². The first-order valence-corrected chi connectivity index (χ1v) is 11.6. The average molecular weight is 470 g/mol. The Morgan fingerprint density at radius 3 is 3.03 bits per heavy atom. The molecule has 0 bridgehead atoms. The fourth-order valence-corrected chi connectivity index (χ4v) is 5.61. The average Bonchev–Trinajstić information content (AvgIpc) is 3.58. The number of para-hydroxylation sites is 1. The Balaban J connectivity index is 1.48. The second-order valence-electron chi connectivity index (χ2n) is 8.07. The molecule has 0 saturated carbocycles. The molecule has 1 aromatic carbocycles. The Bertz CT molecular complexity index is 1560. The standard InChI is InChI=1S/C24H19N7O2S/c1-33-12-14-6-7-18-20(17(10-25)29-31(18)11-14)24(32)30-9-8-16-21(27-13-26-16)22(30)23-28-15-4-2-3-5-19(15)34-23/h2-7,11,13,22H,8-9,12H2,1H3,(H,26,27)/t22-/m0/s1. The van der Waals surface area contributed by atoms with Crippen molar-refractivity contribution < 1.29 is 9.53 Å². The molecule has 6 rings (SSSR count). The molecule has 0 aliphatic carbocycles. The molecule has 1 aliphatic rings. The largest absolute Gasteiger partial charge is 0.380 e. The molecular formula is C24H19N7O2S. The van der Waals surface area contributed by atoms with Crippen LogP contribution < -0.4 is 0 Å². The van der Waals surface area contributed by atoms with Gasteiger partial charge in [-0.2, -0.15) is 10.4 Å². The van der Waals surface area contributed by atoms with Gasteiger partial charge >= 0.3 is 0 Å². The molecule has 1 atom stereocenters. The van der Waals surface area contributed by atoms with Crippen LogP contribution in [-0.4, -0.2) is 49.0 Å². The summed E-state index contributed by atoms with van der Waals surface area (Å²) in [4.78, 5) is 28.4. The van der Waals surface area contributed by atoms with Gasteiger partial charge in [-0.3, -0.25) is 4.79 Å². The summed E-state index contributed by atoms with van der Waals surface area (Å²) in [5, 5.41) is 15.0. The number of hydrogen-bond acceptors (Lipinski definition) is 7. The molecule has 9 nitrogen and oxygen atoms in total. The number of thiazole rings is 1. The number of methoxy groups -OCH3 is 1. The molecule has 0 unspecified atom stereocenters. The van der Waals surface area contributed by atoms with E-state index in [0.29, 0.717) is 25.1 Å². The molecule has 168 valence electrons. The van der Waals surface area contributed by atoms with Gasteiger partial charge in [-0.15, -0.1) is 11.3 Å². The zero-order valence-electron chi connectivity index (χ0n) is 18.2. The Hall–Kier alpha value is -4.07. The van der Waals surface area contributed by atoms with Gasteiger partial charge in [-0.1, -0.05) is 18.2 Å². The highest BCUT2D eigenvalue weighted by Gasteiger charge is 2.38. The second-order valence-corrected chi connectivity index (χ2v) is 9.14. The van der Waals surface area contributed by atoms with E-state index in [1.807, 2.05) is 36.4 Å². The van der Waals surface area contributed by atoms with Crippen LogP contribution >= 0.6 is 11.3 Å². The van der Waals surface area contributed by atoms with Gasteiger partial charge in [0.25, 0.3) is 5.91 Å². The fraction of sp³-hybridized carbons (Fsp3) is 0.208. The summed E-state index contributed by atoms with van der Waals surface area (Å²) >= 11 is 1.55. The number of nitrogens with zero attached hydrogens (tertiary/aromatic N) is 6. The summed E-state index contributed by atoms with van der Waals surface area (Å²) in [6.45, 7) is 0.882. The summed E-state index contributed by atoms with van der Waals surface area (Å²) in [7, 11) is 1.62. The van der Waals surface area contributed by atoms with Gasteiger partial charge in [0.15, 0.2) is 5.69 Å². The molecule has 10 heteroatoms. The quantitative estimate of drug-likeness (QED) is 0.431. The van der Waals surface area contributed by atoms with Gasteiger partial charge in [-0.25, -0.2) is 14.5 Å². The lowest BCUT2D eigenvalue weighted by Crippen LogP contribution is -2.41. The number of fused-ring (bicyclic) bond motifs is 3. The zero-order valence-corrected chi connectivity index (χ0v) is 19.0. The van der Waals surface area contributed by atoms with Crippen molar-refractivity contribution in [1.29, 1.82) is 5.26 Å². The highest BCUT2D eigenvalue weighted by Crippen LogP contribution is 2.38. The summed E-state index contributed by atoms with van der Waals surface area (Å²) in [6, 6.07) is 13.3. The fourth-order valence-electron chi connectivity index (χ4n) is 4.53. The van der Waals surface area contributed by atoms with Crippen LogP contribution in [0.4, 0.5) is 0 Å². The molecule has 1 N–H and O–H groups in total. The number of pyridine rings is 1. The van der Waals surface area contributed by atoms with Crippen LogP contribution in [-0.2, 0) is 17.8 Å². The van der Waals surface area contributed by atoms with Crippen LogP contribution in [0.1, 0.15) is 44.1 Å². The minimum absolute atomic E-state index is 0.0930. The van der Waals surface area contributed by atoms with Crippen molar-refractivity contribution in [3.8, 4) is 6.07 Å². The predicted molar refractivity (Wildman–Crippen MR) is 125 cm³/mol. The van der Waals surface area contributed by atoms with E-state index in [2.05, 4.69) is 21.1 Å². The van der Waals surface area contributed by atoms with Crippen molar-refractivity contribution >= 4 is 33.0 Å². The number of carbonyl (C=O) groups excluding carboxylic acids is 1. The number of aromatic amines is 1. The maximum Gasteiger partial charge on any atom is 0.260 e. The van der Waals surface area contributed by atoms with Gasteiger partial charge < -0.3 is 14.6 Å². The monoisotopic (exact) mass is 469 g/mol. The molecule has 0 saturated heterocycles. The van der Waals surface area contributed by atoms with Crippen LogP contribution in [0.3, 0.4) is 0 Å². The van der Waals surface area contributed by atoms with Gasteiger partial charge in [0.1, 0.15) is 22.7 Å². The number of ether oxygens (including phenoxy) is 1. The SMILES string of the molecule is COCc1ccc2c(C(=O)N3CCc4[nH]cnc4[C@H]3c3nc4ccccc4s3)c(C#N)nn2c1. The van der Waals surface area contributed by atoms with Crippen LogP contribution in [0.2, 0.25) is 0 Å². The maximum atomic E-state index is 14.0. The summed E-state index contributed by atoms with van der Waals surface area (Å²) in [5.41, 5.74) is 4.53. The predicted octanol–water partition coefficient (Wildman–Crippen LogP) is 3.47. The molecule has 1 amide bonds. The van der Waals surface area contributed by atoms with Crippen molar-refractivity contribution in [3.05, 3.63) is 82.1 Å². The number of hydrogen-bond donors (Lipinski definition) is 1. The van der Waals surface area contributed by atoms with Crippen molar-refractivity contribution in [3.63, 3.8) is 0 Å². The topological polar surface area (TPSA) is 112 Å². The first kappa shape index (κ1) is 20.5. The third kappa shape index (κ3) is 3.17. The van der Waals surface area contributed by atoms with Gasteiger partial charge in [0.05, 0.1) is 34.4 Å². The Labute approximate surface area is 198 Å². The molecule has 0 spiro atoms. The zero-order chi connectivity index (χ0) is 23.2. The lowest BCUT2D eigenvalue weighted by Gasteiger charge is -2.33. The highest BCUT2D eigenvalue weighted by atomic mass is 32.1. The van der Waals surface area contributed by atoms with E-state index in [-0.39, 0.29) is 17.2 Å². The van der Waals surface area contributed by atoms with E-state index in [1.54, 1.807) is 40.4 Å². The number of benzene rings is 1. The number of aromatic nitrogens is 5. The van der Waals surface area contributed by atoms with Gasteiger partial charge in [0.2, 0.25) is 0 Å². The smallest absolute Gasteiger partial charge is 0.260 e. The molecule has 1 aliphatic heterocycles. The Morgan fingerprint density at radius 2 is 2.21 bits per heavy atom. The third-order valence-corrected chi connectivity index (χ3v) is 7.14. The number of nitrogens with one attached hydrogen (secondary N) is 1. The lowest BCUT2D eigenvalue weighted by atomic mass is 10.0. The van der Waals surface area contributed by atoms with E-state index in [1.165, 1.54) is 0 Å². The summed E-state index contributed by atoms with van der Waals surface area (Å²) < 4.78 is 7.83. The summed E-state index contributed by atoms with van der Waals surface area (Å²) in [6.07, 6.45) is 4.08. The van der Waals surface area contributed by atoms with Gasteiger partial charge in [0, 0.05) is 32.0 Å². The number of amides is 1. The van der Waals surface area contributed by atoms with E-state index >= 15 is 0 Å². The van der Waals surface area contributed by atoms with E-state index in [9.17, 15) is 10.1 Å². The normalized spacial score (nSPS) is 15.5. The first-order chi connectivity index (χ1) is 16.7. The van der Waals surface area contributed by atoms with E-state index < -0.39 is 6.04 Å². The lowest BCUT2D eigenvalue weighted by molar-refractivity contribution is 0.0692. The number of imidazole rings is 1. The molecule has 34 heavy (non-hydrogen) atoms. The molecule has 0 fully saturated rings. The Kier molecular flexibility index (Phi) is 4.86. The van der Waals surface area contributed by atoms with Crippen molar-refractivity contribution in [2.24, 2.45) is 0 Å². The minimum Gasteiger partial charge on any atom is -0.380 e. The molecule has 5 heterocycles. The molecule has 0 radical (unpaired) electrons. The first-order valence-electron chi connectivity index (χ1n) is 10.8. The van der Waals surface area contributed by atoms with Crippen LogP contribution in [0.25, 0.3) is 15.7 Å². The van der Waals surface area contributed by atoms with Crippen molar-refractivity contribution in [2.75, 3.05) is 13.7 Å². The van der Waals surface area contributed by atoms with Gasteiger partial charge in [-0.05, 0) is 23.8 Å². The highest BCUT2D eigenvalue weighted by molar-refractivity contribution is 7.18. The van der Waals surface area contributed by atoms with Crippen LogP contribution in [0.15, 0.2) is 48.9 Å². The van der Waals surface area contributed by atoms with Crippen LogP contribution in [0.5, 0.6) is 0 Å². The molecule has 5 aromatic rings. The molecular weight excluding hydrogens is 450 g/mol. The van der Waals surface area contributed by atoms with E-state index in [4.69, 9.17) is 9.72 Å². The minimum atomic E-state index is -0.450. The number of rotatable bonds is 4. The maximum absolute atomic E-state index is 14.0. The summed E-state index contributed by atoms with van der Waals surface area (Å²) in [5.74, 6) is -0.260. The number of carbonyl (C=O) groups is 1. The van der Waals surface area contributed by atoms with Crippen molar-refractivity contribution in [2.45, 2.75) is 19.1 Å². The number of H-pyrrole nitrogens is 1. The third-order valence-electron chi connectivity index (χ3n) is 6.05. The number of nitriles is 1. The van der Waals surface area contributed by atoms with E-state index in [0.717, 1.165) is 32.2 Å². The van der Waals surface area contributed by atoms with Crippen molar-refractivity contribution in [1.82, 2.24) is 29.5 Å². The second kappa shape index (κ2) is 8.06.